The molecule has 1 rings (SSSR count). The highest BCUT2D eigenvalue weighted by Gasteiger charge is 2.33. The van der Waals surface area contributed by atoms with Crippen LogP contribution in [0.25, 0.3) is 0 Å². The highest BCUT2D eigenvalue weighted by molar-refractivity contribution is 5.85. The summed E-state index contributed by atoms with van der Waals surface area (Å²) in [5.74, 6) is 0.243. The molecule has 5 heteroatoms. The van der Waals surface area contributed by atoms with Crippen LogP contribution < -0.4 is 10.6 Å². The molecule has 0 aromatic carbocycles. The van der Waals surface area contributed by atoms with Crippen LogP contribution in [0.15, 0.2) is 0 Å². The van der Waals surface area contributed by atoms with Crippen LogP contribution in [0.1, 0.15) is 47.0 Å². The standard InChI is InChI=1S/C14H27N3O2/c1-5-12(18)16-11-7-9-17(10-8-11)13(19)14(3,4)15-6-2/h11,15H,5-10H2,1-4H3,(H,16,18). The predicted molar refractivity (Wildman–Crippen MR) is 75.8 cm³/mol. The van der Waals surface area contributed by atoms with Crippen LogP contribution in [0, 0.1) is 0 Å². The Balaban J connectivity index is 2.45. The summed E-state index contributed by atoms with van der Waals surface area (Å²) >= 11 is 0. The van der Waals surface area contributed by atoms with Crippen LogP contribution >= 0.6 is 0 Å². The highest BCUT2D eigenvalue weighted by atomic mass is 16.2. The summed E-state index contributed by atoms with van der Waals surface area (Å²) in [6, 6.07) is 0.221. The van der Waals surface area contributed by atoms with Crippen LogP contribution in [0.5, 0.6) is 0 Å². The van der Waals surface area contributed by atoms with Gasteiger partial charge >= 0.3 is 0 Å². The molecule has 2 N–H and O–H groups in total. The Hall–Kier alpha value is -1.10. The molecule has 0 bridgehead atoms. The lowest BCUT2D eigenvalue weighted by Gasteiger charge is -2.37. The van der Waals surface area contributed by atoms with Gasteiger partial charge in [-0.2, -0.15) is 0 Å². The summed E-state index contributed by atoms with van der Waals surface area (Å²) in [6.45, 7) is 9.93. The molecule has 0 spiro atoms. The first-order valence-corrected chi connectivity index (χ1v) is 7.24. The Morgan fingerprint density at radius 1 is 1.21 bits per heavy atom. The third kappa shape index (κ3) is 4.49. The third-order valence-electron chi connectivity index (χ3n) is 3.62. The van der Waals surface area contributed by atoms with Crippen molar-refractivity contribution < 1.29 is 9.59 Å². The lowest BCUT2D eigenvalue weighted by atomic mass is 9.99. The summed E-state index contributed by atoms with van der Waals surface area (Å²) < 4.78 is 0. The molecule has 1 saturated heterocycles. The Bertz CT molecular complexity index is 321. The molecule has 19 heavy (non-hydrogen) atoms. The second-order valence-electron chi connectivity index (χ2n) is 5.64. The second-order valence-corrected chi connectivity index (χ2v) is 5.64. The number of hydrogen-bond donors (Lipinski definition) is 2. The first-order chi connectivity index (χ1) is 8.90. The maximum atomic E-state index is 12.4. The van der Waals surface area contributed by atoms with E-state index in [1.807, 2.05) is 32.6 Å². The normalized spacial score (nSPS) is 17.4. The number of nitrogens with one attached hydrogen (secondary N) is 2. The van der Waals surface area contributed by atoms with E-state index >= 15 is 0 Å². The zero-order valence-electron chi connectivity index (χ0n) is 12.6. The summed E-state index contributed by atoms with van der Waals surface area (Å²) in [7, 11) is 0. The molecule has 5 nitrogen and oxygen atoms in total. The minimum absolute atomic E-state index is 0.0951. The first kappa shape index (κ1) is 16.0. The summed E-state index contributed by atoms with van der Waals surface area (Å²) in [5.41, 5.74) is -0.506. The number of hydrogen-bond acceptors (Lipinski definition) is 3. The minimum Gasteiger partial charge on any atom is -0.353 e. The van der Waals surface area contributed by atoms with Gasteiger partial charge in [-0.15, -0.1) is 0 Å². The molecule has 2 amide bonds. The van der Waals surface area contributed by atoms with Crippen LogP contribution in [-0.4, -0.2) is 47.9 Å². The largest absolute Gasteiger partial charge is 0.353 e. The smallest absolute Gasteiger partial charge is 0.242 e. The fraction of sp³-hybridized carbons (Fsp3) is 0.857. The molecule has 0 aromatic rings. The van der Waals surface area contributed by atoms with Gasteiger partial charge in [-0.3, -0.25) is 9.59 Å². The molecule has 1 heterocycles. The molecule has 0 radical (unpaired) electrons. The topological polar surface area (TPSA) is 61.4 Å². The van der Waals surface area contributed by atoms with Crippen LogP contribution in [0.4, 0.5) is 0 Å². The molecule has 110 valence electrons. The average Bonchev–Trinajstić information content (AvgIpc) is 2.38. The van der Waals surface area contributed by atoms with Gasteiger partial charge in [-0.1, -0.05) is 13.8 Å². The second kappa shape index (κ2) is 6.89. The number of amides is 2. The number of carbonyl (C=O) groups is 2. The van der Waals surface area contributed by atoms with Crippen molar-refractivity contribution in [1.29, 1.82) is 0 Å². The summed E-state index contributed by atoms with van der Waals surface area (Å²) in [4.78, 5) is 25.6. The molecular formula is C14H27N3O2. The number of likely N-dealkylation sites (tertiary alicyclic amines) is 1. The van der Waals surface area contributed by atoms with E-state index in [0.717, 1.165) is 32.5 Å². The molecule has 1 fully saturated rings. The van der Waals surface area contributed by atoms with Gasteiger partial charge in [-0.05, 0) is 33.2 Å². The Labute approximate surface area is 116 Å². The number of rotatable bonds is 5. The van der Waals surface area contributed by atoms with Crippen molar-refractivity contribution in [2.45, 2.75) is 58.5 Å². The van der Waals surface area contributed by atoms with E-state index in [2.05, 4.69) is 10.6 Å². The van der Waals surface area contributed by atoms with Gasteiger partial charge in [0.05, 0.1) is 5.54 Å². The van der Waals surface area contributed by atoms with Crippen molar-refractivity contribution in [1.82, 2.24) is 15.5 Å². The maximum absolute atomic E-state index is 12.4. The van der Waals surface area contributed by atoms with Gasteiger partial charge in [0.15, 0.2) is 0 Å². The van der Waals surface area contributed by atoms with Crippen molar-refractivity contribution >= 4 is 11.8 Å². The zero-order valence-corrected chi connectivity index (χ0v) is 12.6. The average molecular weight is 269 g/mol. The molecule has 0 aliphatic carbocycles. The maximum Gasteiger partial charge on any atom is 0.242 e. The van der Waals surface area contributed by atoms with E-state index in [1.54, 1.807) is 0 Å². The van der Waals surface area contributed by atoms with Gasteiger partial charge in [0.1, 0.15) is 0 Å². The monoisotopic (exact) mass is 269 g/mol. The van der Waals surface area contributed by atoms with Crippen LogP contribution in [-0.2, 0) is 9.59 Å². The van der Waals surface area contributed by atoms with E-state index < -0.39 is 5.54 Å². The number of nitrogens with zero attached hydrogens (tertiary/aromatic N) is 1. The third-order valence-corrected chi connectivity index (χ3v) is 3.62. The molecule has 0 saturated carbocycles. The van der Waals surface area contributed by atoms with Gasteiger partial charge in [0, 0.05) is 25.6 Å². The van der Waals surface area contributed by atoms with Crippen LogP contribution in [0.2, 0.25) is 0 Å². The fourth-order valence-electron chi connectivity index (χ4n) is 2.47. The lowest BCUT2D eigenvalue weighted by Crippen LogP contribution is -2.57. The van der Waals surface area contributed by atoms with Crippen molar-refractivity contribution in [2.24, 2.45) is 0 Å². The van der Waals surface area contributed by atoms with E-state index in [1.165, 1.54) is 0 Å². The number of piperidine rings is 1. The van der Waals surface area contributed by atoms with Gasteiger partial charge < -0.3 is 15.5 Å². The van der Waals surface area contributed by atoms with Gasteiger partial charge in [0.25, 0.3) is 0 Å². The number of carbonyl (C=O) groups excluding carboxylic acids is 2. The SMILES string of the molecule is CCNC(C)(C)C(=O)N1CCC(NC(=O)CC)CC1. The Morgan fingerprint density at radius 2 is 1.79 bits per heavy atom. The minimum atomic E-state index is -0.506. The van der Waals surface area contributed by atoms with E-state index in [0.29, 0.717) is 6.42 Å². The van der Waals surface area contributed by atoms with Gasteiger partial charge in [-0.25, -0.2) is 0 Å². The molecule has 0 aromatic heterocycles. The molecule has 0 unspecified atom stereocenters. The quantitative estimate of drug-likeness (QED) is 0.779. The predicted octanol–water partition coefficient (Wildman–Crippen LogP) is 0.892. The zero-order chi connectivity index (χ0) is 14.5. The first-order valence-electron chi connectivity index (χ1n) is 7.24. The summed E-state index contributed by atoms with van der Waals surface area (Å²) in [6.07, 6.45) is 2.21. The molecule has 1 aliphatic heterocycles. The Kier molecular flexibility index (Phi) is 5.79. The van der Waals surface area contributed by atoms with E-state index in [4.69, 9.17) is 0 Å². The van der Waals surface area contributed by atoms with Crippen LogP contribution in [0.3, 0.4) is 0 Å². The van der Waals surface area contributed by atoms with Crippen molar-refractivity contribution in [2.75, 3.05) is 19.6 Å². The lowest BCUT2D eigenvalue weighted by molar-refractivity contribution is -0.138. The number of likely N-dealkylation sites (N-methyl/N-ethyl adjacent to an activating group) is 1. The van der Waals surface area contributed by atoms with E-state index in [9.17, 15) is 9.59 Å². The van der Waals surface area contributed by atoms with E-state index in [-0.39, 0.29) is 17.9 Å². The van der Waals surface area contributed by atoms with Crippen molar-refractivity contribution in [3.63, 3.8) is 0 Å². The molecule has 0 atom stereocenters. The van der Waals surface area contributed by atoms with Crippen molar-refractivity contribution in [3.05, 3.63) is 0 Å². The molecular weight excluding hydrogens is 242 g/mol. The summed E-state index contributed by atoms with van der Waals surface area (Å²) in [5, 5.41) is 6.21. The highest BCUT2D eigenvalue weighted by Crippen LogP contribution is 2.15. The van der Waals surface area contributed by atoms with Gasteiger partial charge in [0.2, 0.25) is 11.8 Å². The fourth-order valence-corrected chi connectivity index (χ4v) is 2.47. The van der Waals surface area contributed by atoms with Crippen molar-refractivity contribution in [3.8, 4) is 0 Å². The molecule has 1 aliphatic rings. The Morgan fingerprint density at radius 3 is 2.26 bits per heavy atom.